The molecule has 0 aliphatic rings. The fraction of sp³-hybridized carbons (Fsp3) is 1.00. The average molecular weight is 581 g/mol. The summed E-state index contributed by atoms with van der Waals surface area (Å²) >= 11 is -4.08. The first-order valence-corrected chi connectivity index (χ1v) is 18.7. The van der Waals surface area contributed by atoms with Crippen LogP contribution >= 0.6 is 0 Å². The zero-order valence-electron chi connectivity index (χ0n) is 27.6. The molecule has 0 aromatic rings. The van der Waals surface area contributed by atoms with Crippen molar-refractivity contribution in [3.63, 3.8) is 0 Å². The summed E-state index contributed by atoms with van der Waals surface area (Å²) in [5.41, 5.74) is 0. The third-order valence-corrected chi connectivity index (χ3v) is 7.89. The van der Waals surface area contributed by atoms with Gasteiger partial charge < -0.3 is 8.97 Å². The van der Waals surface area contributed by atoms with Gasteiger partial charge in [0.2, 0.25) is 0 Å². The van der Waals surface area contributed by atoms with Gasteiger partial charge in [0.05, 0.1) is 52.4 Å². The average Bonchev–Trinajstić information content (AvgIpc) is 2.91. The van der Waals surface area contributed by atoms with E-state index in [4.69, 9.17) is 10.7 Å². The van der Waals surface area contributed by atoms with Crippen LogP contribution in [0, 0.1) is 0 Å². The van der Waals surface area contributed by atoms with Gasteiger partial charge in [-0.05, 0) is 51.4 Å². The van der Waals surface area contributed by atoms with E-state index >= 15 is 0 Å². The maximum atomic E-state index is 8.58. The van der Waals surface area contributed by atoms with E-state index in [0.717, 1.165) is 0 Å². The standard InChI is InChI=1S/2C16H36N.3O.Ti/c2*1-5-9-13-17(14-10-6-2,15-11-7-3)16-12-8-4;;;;/h2*5-16H2,1-4H3;;;;/q2*+1;;2*-1;. The Bertz CT molecular complexity index is 363. The predicted molar refractivity (Wildman–Crippen MR) is 159 cm³/mol. The van der Waals surface area contributed by atoms with Crippen molar-refractivity contribution >= 4 is 0 Å². The molecule has 0 rings (SSSR count). The number of hydrogen-bond donors (Lipinski definition) is 0. The van der Waals surface area contributed by atoms with E-state index in [0.29, 0.717) is 0 Å². The summed E-state index contributed by atoms with van der Waals surface area (Å²) in [5.74, 6) is 0. The molecule has 5 nitrogen and oxygen atoms in total. The van der Waals surface area contributed by atoms with Gasteiger partial charge in [-0.15, -0.1) is 0 Å². The Labute approximate surface area is 248 Å². The maximum absolute atomic E-state index is 8.58. The Morgan fingerprint density at radius 3 is 0.553 bits per heavy atom. The van der Waals surface area contributed by atoms with Crippen molar-refractivity contribution in [3.8, 4) is 0 Å². The molecule has 38 heavy (non-hydrogen) atoms. The topological polar surface area (TPSA) is 63.2 Å². The molecule has 0 spiro atoms. The van der Waals surface area contributed by atoms with E-state index in [2.05, 4.69) is 55.4 Å². The molecule has 0 amide bonds. The van der Waals surface area contributed by atoms with Gasteiger partial charge in [0, 0.05) is 0 Å². The van der Waals surface area contributed by atoms with Crippen LogP contribution < -0.4 is 7.38 Å². The molecule has 0 N–H and O–H groups in total. The summed E-state index contributed by atoms with van der Waals surface area (Å²) in [4.78, 5) is 0. The summed E-state index contributed by atoms with van der Waals surface area (Å²) in [6.45, 7) is 30.0. The summed E-state index contributed by atoms with van der Waals surface area (Å²) in [7, 11) is 0. The van der Waals surface area contributed by atoms with Crippen molar-refractivity contribution in [2.75, 3.05) is 52.4 Å². The third-order valence-electron chi connectivity index (χ3n) is 7.89. The first kappa shape index (κ1) is 42.8. The van der Waals surface area contributed by atoms with Gasteiger partial charge >= 0.3 is 29.3 Å². The Kier molecular flexibility index (Phi) is 35.9. The fourth-order valence-corrected chi connectivity index (χ4v) is 5.29. The molecule has 0 aliphatic carbocycles. The van der Waals surface area contributed by atoms with Gasteiger partial charge in [-0.3, -0.25) is 0 Å². The van der Waals surface area contributed by atoms with Gasteiger partial charge in [-0.1, -0.05) is 107 Å². The Morgan fingerprint density at radius 2 is 0.474 bits per heavy atom. The number of rotatable bonds is 24. The normalized spacial score (nSPS) is 11.4. The van der Waals surface area contributed by atoms with E-state index in [9.17, 15) is 0 Å². The van der Waals surface area contributed by atoms with Crippen molar-refractivity contribution < 1.29 is 38.3 Å². The molecule has 0 radical (unpaired) electrons. The number of nitrogens with zero attached hydrogens (tertiary/aromatic N) is 2. The molecule has 0 unspecified atom stereocenters. The zero-order chi connectivity index (χ0) is 29.5. The van der Waals surface area contributed by atoms with Crippen LogP contribution in [0.15, 0.2) is 0 Å². The molecular weight excluding hydrogens is 508 g/mol. The minimum atomic E-state index is -4.08. The van der Waals surface area contributed by atoms with Gasteiger partial charge in [0.1, 0.15) is 0 Å². The van der Waals surface area contributed by atoms with Crippen molar-refractivity contribution in [2.24, 2.45) is 0 Å². The van der Waals surface area contributed by atoms with Gasteiger partial charge in [0.25, 0.3) is 0 Å². The van der Waals surface area contributed by atoms with Gasteiger partial charge in [-0.25, -0.2) is 0 Å². The molecular formula is C32H72N2O3Ti. The van der Waals surface area contributed by atoms with E-state index in [1.165, 1.54) is 164 Å². The van der Waals surface area contributed by atoms with E-state index in [-0.39, 0.29) is 0 Å². The van der Waals surface area contributed by atoms with Crippen molar-refractivity contribution in [3.05, 3.63) is 0 Å². The molecule has 0 fully saturated rings. The molecule has 0 aromatic carbocycles. The van der Waals surface area contributed by atoms with Crippen molar-refractivity contribution in [2.45, 2.75) is 158 Å². The third kappa shape index (κ3) is 27.9. The SMILES string of the molecule is CCCC[N+](CCCC)(CCCC)CCCC.CCCC[N+](CCCC)(CCCC)CCCC.[O]=[Ti]([O-])[O-]. The van der Waals surface area contributed by atoms with Crippen LogP contribution in [0.1, 0.15) is 158 Å². The second-order valence-electron chi connectivity index (χ2n) is 11.6. The number of quaternary nitrogens is 2. The fourth-order valence-electron chi connectivity index (χ4n) is 5.29. The first-order valence-electron chi connectivity index (χ1n) is 16.8. The summed E-state index contributed by atoms with van der Waals surface area (Å²) < 4.78 is 28.6. The van der Waals surface area contributed by atoms with Crippen LogP contribution in [0.3, 0.4) is 0 Å². The van der Waals surface area contributed by atoms with E-state index < -0.39 is 18.6 Å². The van der Waals surface area contributed by atoms with Crippen LogP contribution in [0.2, 0.25) is 0 Å². The molecule has 0 aliphatic heterocycles. The molecule has 0 bridgehead atoms. The summed E-state index contributed by atoms with van der Waals surface area (Å²) in [6, 6.07) is 0. The number of hydrogen-bond acceptors (Lipinski definition) is 3. The second-order valence-corrected chi connectivity index (χ2v) is 12.3. The molecule has 6 heteroatoms. The van der Waals surface area contributed by atoms with Gasteiger partial charge in [-0.2, -0.15) is 0 Å². The Hall–Kier alpha value is 0.354. The van der Waals surface area contributed by atoms with Crippen LogP contribution in [-0.4, -0.2) is 61.3 Å². The van der Waals surface area contributed by atoms with Crippen molar-refractivity contribution in [1.29, 1.82) is 0 Å². The molecule has 0 heterocycles. The molecule has 232 valence electrons. The summed E-state index contributed by atoms with van der Waals surface area (Å²) in [6.07, 6.45) is 22.1. The van der Waals surface area contributed by atoms with Gasteiger partial charge in [0.15, 0.2) is 0 Å². The van der Waals surface area contributed by atoms with E-state index in [1.54, 1.807) is 0 Å². The Morgan fingerprint density at radius 1 is 0.368 bits per heavy atom. The van der Waals surface area contributed by atoms with Crippen molar-refractivity contribution in [1.82, 2.24) is 0 Å². The minimum absolute atomic E-state index is 1.35. The molecule has 0 saturated heterocycles. The Balaban J connectivity index is -0.000000564. The van der Waals surface area contributed by atoms with Crippen LogP contribution in [0.4, 0.5) is 0 Å². The molecule has 0 saturated carbocycles. The number of unbranched alkanes of at least 4 members (excludes halogenated alkanes) is 8. The van der Waals surface area contributed by atoms with Crippen LogP contribution in [0.5, 0.6) is 0 Å². The quantitative estimate of drug-likeness (QED) is 0.0877. The van der Waals surface area contributed by atoms with E-state index in [1.807, 2.05) is 0 Å². The zero-order valence-corrected chi connectivity index (χ0v) is 29.2. The second kappa shape index (κ2) is 31.9. The van der Waals surface area contributed by atoms with Crippen LogP contribution in [-0.2, 0) is 21.9 Å². The van der Waals surface area contributed by atoms with Crippen LogP contribution in [0.25, 0.3) is 0 Å². The molecule has 0 aromatic heterocycles. The molecule has 0 atom stereocenters. The monoisotopic (exact) mass is 581 g/mol. The predicted octanol–water partition coefficient (Wildman–Crippen LogP) is 7.51. The first-order chi connectivity index (χ1) is 18.2. The summed E-state index contributed by atoms with van der Waals surface area (Å²) in [5, 5.41) is 0.